The van der Waals surface area contributed by atoms with Gasteiger partial charge in [-0.15, -0.1) is 0 Å². The average Bonchev–Trinajstić information content (AvgIpc) is 2.01. The summed E-state index contributed by atoms with van der Waals surface area (Å²) in [7, 11) is 0. The van der Waals surface area contributed by atoms with Gasteiger partial charge in [0.15, 0.2) is 0 Å². The largest absolute Gasteiger partial charge is 0.478 e. The Bertz CT molecular complexity index is 353. The molecule has 0 saturated heterocycles. The lowest BCUT2D eigenvalue weighted by molar-refractivity contribution is 0.0692. The Kier molecular flexibility index (Phi) is 2.93. The van der Waals surface area contributed by atoms with Crippen molar-refractivity contribution in [1.82, 2.24) is 0 Å². The summed E-state index contributed by atoms with van der Waals surface area (Å²) in [6, 6.07) is 1.43. The second kappa shape index (κ2) is 3.64. The predicted molar refractivity (Wildman–Crippen MR) is 50.8 cm³/mol. The van der Waals surface area contributed by atoms with Crippen molar-refractivity contribution in [3.8, 4) is 0 Å². The fourth-order valence-corrected chi connectivity index (χ4v) is 1.68. The number of benzene rings is 1. The number of aryl methyl sites for hydroxylation is 1. The highest BCUT2D eigenvalue weighted by Gasteiger charge is 2.19. The molecule has 5 heteroatoms. The van der Waals surface area contributed by atoms with E-state index in [2.05, 4.69) is 15.9 Å². The number of halogens is 3. The Morgan fingerprint density at radius 2 is 2.23 bits per heavy atom. The summed E-state index contributed by atoms with van der Waals surface area (Å²) < 4.78 is 13.6. The van der Waals surface area contributed by atoms with Gasteiger partial charge in [0.25, 0.3) is 0 Å². The van der Waals surface area contributed by atoms with Gasteiger partial charge >= 0.3 is 5.97 Å². The van der Waals surface area contributed by atoms with Crippen molar-refractivity contribution in [1.29, 1.82) is 0 Å². The lowest BCUT2D eigenvalue weighted by atomic mass is 10.1. The Morgan fingerprint density at radius 1 is 1.69 bits per heavy atom. The molecule has 0 unspecified atom stereocenters. The maximum atomic E-state index is 13.2. The van der Waals surface area contributed by atoms with Crippen LogP contribution in [0.15, 0.2) is 10.5 Å². The van der Waals surface area contributed by atoms with E-state index in [1.807, 2.05) is 0 Å². The monoisotopic (exact) mass is 266 g/mol. The van der Waals surface area contributed by atoms with Gasteiger partial charge in [-0.3, -0.25) is 0 Å². The number of carbonyl (C=O) groups is 1. The van der Waals surface area contributed by atoms with Gasteiger partial charge in [-0.2, -0.15) is 0 Å². The predicted octanol–water partition coefficient (Wildman–Crippen LogP) is 3.25. The molecule has 0 aliphatic carbocycles. The Labute approximate surface area is 87.5 Å². The lowest BCUT2D eigenvalue weighted by Crippen LogP contribution is -2.04. The topological polar surface area (TPSA) is 37.3 Å². The van der Waals surface area contributed by atoms with E-state index in [9.17, 15) is 9.18 Å². The molecule has 0 aliphatic heterocycles. The van der Waals surface area contributed by atoms with E-state index < -0.39 is 17.3 Å². The maximum absolute atomic E-state index is 13.2. The van der Waals surface area contributed by atoms with E-state index in [0.717, 1.165) is 0 Å². The third-order valence-corrected chi connectivity index (χ3v) is 2.80. The Balaban J connectivity index is 3.56. The highest BCUT2D eigenvalue weighted by atomic mass is 79.9. The molecule has 0 aliphatic rings. The normalized spacial score (nSPS) is 10.2. The molecular formula is C8H5BrClFO2. The Morgan fingerprint density at radius 3 is 2.69 bits per heavy atom. The van der Waals surface area contributed by atoms with Gasteiger partial charge in [-0.1, -0.05) is 11.6 Å². The molecule has 0 heterocycles. The van der Waals surface area contributed by atoms with Crippen LogP contribution in [0.2, 0.25) is 5.02 Å². The number of hydrogen-bond acceptors (Lipinski definition) is 1. The van der Waals surface area contributed by atoms with Crippen molar-refractivity contribution in [2.24, 2.45) is 0 Å². The number of hydrogen-bond donors (Lipinski definition) is 1. The quantitative estimate of drug-likeness (QED) is 0.793. The van der Waals surface area contributed by atoms with Gasteiger partial charge in [-0.25, -0.2) is 9.18 Å². The summed E-state index contributed by atoms with van der Waals surface area (Å²) in [5, 5.41) is 8.53. The molecule has 2 nitrogen and oxygen atoms in total. The molecule has 1 aromatic rings. The molecule has 0 atom stereocenters. The summed E-state index contributed by atoms with van der Waals surface area (Å²) in [6.07, 6.45) is 0. The zero-order valence-electron chi connectivity index (χ0n) is 6.57. The number of rotatable bonds is 1. The van der Waals surface area contributed by atoms with Crippen molar-refractivity contribution in [3.63, 3.8) is 0 Å². The minimum absolute atomic E-state index is 0.115. The SMILES string of the molecule is Cc1cc(Br)c(Cl)c(C(=O)O)c1F. The second-order valence-corrected chi connectivity index (χ2v) is 3.72. The van der Waals surface area contributed by atoms with Crippen LogP contribution in [-0.2, 0) is 0 Å². The van der Waals surface area contributed by atoms with Crippen molar-refractivity contribution in [2.75, 3.05) is 0 Å². The van der Waals surface area contributed by atoms with Gasteiger partial charge in [0, 0.05) is 4.47 Å². The van der Waals surface area contributed by atoms with Crippen LogP contribution in [-0.4, -0.2) is 11.1 Å². The van der Waals surface area contributed by atoms with E-state index in [4.69, 9.17) is 16.7 Å². The molecule has 1 aromatic carbocycles. The van der Waals surface area contributed by atoms with Crippen LogP contribution in [0.4, 0.5) is 4.39 Å². The lowest BCUT2D eigenvalue weighted by Gasteiger charge is -2.05. The van der Waals surface area contributed by atoms with Crippen LogP contribution in [0.25, 0.3) is 0 Å². The van der Waals surface area contributed by atoms with Gasteiger partial charge < -0.3 is 5.11 Å². The van der Waals surface area contributed by atoms with Gasteiger partial charge in [-0.05, 0) is 34.5 Å². The summed E-state index contributed by atoms with van der Waals surface area (Å²) in [5.74, 6) is -2.16. The number of carboxylic acids is 1. The first kappa shape index (κ1) is 10.5. The summed E-state index contributed by atoms with van der Waals surface area (Å²) in [6.45, 7) is 1.48. The molecule has 0 amide bonds. The summed E-state index contributed by atoms with van der Waals surface area (Å²) in [4.78, 5) is 10.6. The van der Waals surface area contributed by atoms with Crippen LogP contribution in [0.1, 0.15) is 15.9 Å². The first-order valence-corrected chi connectivity index (χ1v) is 4.49. The van der Waals surface area contributed by atoms with Crippen molar-refractivity contribution < 1.29 is 14.3 Å². The first-order chi connectivity index (χ1) is 5.95. The maximum Gasteiger partial charge on any atom is 0.340 e. The van der Waals surface area contributed by atoms with Crippen molar-refractivity contribution in [3.05, 3.63) is 32.5 Å². The van der Waals surface area contributed by atoms with Crippen molar-refractivity contribution >= 4 is 33.5 Å². The number of carboxylic acid groups (broad SMARTS) is 1. The zero-order valence-corrected chi connectivity index (χ0v) is 8.91. The third-order valence-electron chi connectivity index (χ3n) is 1.55. The fraction of sp³-hybridized carbons (Fsp3) is 0.125. The fourth-order valence-electron chi connectivity index (χ4n) is 0.918. The molecule has 1 N–H and O–H groups in total. The first-order valence-electron chi connectivity index (χ1n) is 3.32. The van der Waals surface area contributed by atoms with E-state index >= 15 is 0 Å². The molecule has 0 aromatic heterocycles. The Hall–Kier alpha value is -0.610. The molecule has 0 radical (unpaired) electrons. The van der Waals surface area contributed by atoms with Crippen molar-refractivity contribution in [2.45, 2.75) is 6.92 Å². The van der Waals surface area contributed by atoms with Gasteiger partial charge in [0.05, 0.1) is 5.02 Å². The number of aromatic carboxylic acids is 1. The van der Waals surface area contributed by atoms with E-state index in [0.29, 0.717) is 4.47 Å². The molecule has 1 rings (SSSR count). The standard InChI is InChI=1S/C8H5BrClFO2/c1-3-2-4(9)6(10)5(7(3)11)8(12)13/h2H,1H3,(H,12,13). The zero-order chi connectivity index (χ0) is 10.2. The average molecular weight is 267 g/mol. The smallest absolute Gasteiger partial charge is 0.340 e. The summed E-state index contributed by atoms with van der Waals surface area (Å²) >= 11 is 8.64. The molecule has 0 saturated carbocycles. The van der Waals surface area contributed by atoms with Gasteiger partial charge in [0.1, 0.15) is 11.4 Å². The van der Waals surface area contributed by atoms with Crippen LogP contribution >= 0.6 is 27.5 Å². The van der Waals surface area contributed by atoms with E-state index in [1.165, 1.54) is 13.0 Å². The highest BCUT2D eigenvalue weighted by molar-refractivity contribution is 9.10. The minimum atomic E-state index is -1.37. The molecule has 70 valence electrons. The van der Waals surface area contributed by atoms with E-state index in [-0.39, 0.29) is 10.6 Å². The molecule has 0 fully saturated rings. The molecule has 13 heavy (non-hydrogen) atoms. The molecule has 0 bridgehead atoms. The third kappa shape index (κ3) is 1.84. The second-order valence-electron chi connectivity index (χ2n) is 2.48. The van der Waals surface area contributed by atoms with Crippen LogP contribution in [0, 0.1) is 12.7 Å². The van der Waals surface area contributed by atoms with Crippen LogP contribution < -0.4 is 0 Å². The highest BCUT2D eigenvalue weighted by Crippen LogP contribution is 2.30. The van der Waals surface area contributed by atoms with Crippen LogP contribution in [0.5, 0.6) is 0 Å². The molecule has 0 spiro atoms. The van der Waals surface area contributed by atoms with E-state index in [1.54, 1.807) is 0 Å². The molecular weight excluding hydrogens is 262 g/mol. The van der Waals surface area contributed by atoms with Gasteiger partial charge in [0.2, 0.25) is 0 Å². The summed E-state index contributed by atoms with van der Waals surface area (Å²) in [5.41, 5.74) is -0.248. The minimum Gasteiger partial charge on any atom is -0.478 e. The van der Waals surface area contributed by atoms with Crippen LogP contribution in [0.3, 0.4) is 0 Å².